The van der Waals surface area contributed by atoms with Crippen molar-refractivity contribution in [3.63, 3.8) is 0 Å². The highest BCUT2D eigenvalue weighted by Crippen LogP contribution is 2.39. The molecule has 0 bridgehead atoms. The summed E-state index contributed by atoms with van der Waals surface area (Å²) in [6.45, 7) is 54.1. The second kappa shape index (κ2) is 60.2. The Hall–Kier alpha value is -16.4. The Kier molecular flexibility index (Phi) is 48.3. The standard InChI is InChI=1S/5C22H24O6/c1-15(2)21(23)27-13-11-25-18-9-5-7-17-8-6-10-19(20(17)18)26-12-14-28-22(24)16(3)4;1-15(2)21(23)27-12-10-25-18-9-8-17-6-5-7-20(19(17)14-18)26-11-13-28-22(24)16(3)4;1-15(2)21(23)27-11-9-25-18-13-17-7-5-6-8-19(17)20(14-18)26-10-12-28-22(24)16(3)4;1-15(2)21(23)27-11-9-25-19-13-17-7-5-6-8-18(17)14-20(19)26-10-12-28-22(24)16(3)4;1-15(2)21(23)27-13-11-25-19-10-9-17-7-5-6-8-18(17)20(19)26-12-14-28-22(24)16(3)4/h5-10H,1,3,11-14H2,2,4H3;5-9,14H,1,3,10-13H2,2,4H3;2*5-8,13-14H,1,3,9-12H2,2,4H3;5-10H,1,3,11-14H2,2,4H3. The Morgan fingerprint density at radius 2 is 0.436 bits per heavy atom. The van der Waals surface area contributed by atoms with Gasteiger partial charge in [0.1, 0.15) is 167 Å². The summed E-state index contributed by atoms with van der Waals surface area (Å²) in [6.07, 6.45) is 0. The number of rotatable bonds is 50. The maximum Gasteiger partial charge on any atom is 0.333 e. The first kappa shape index (κ1) is 112. The van der Waals surface area contributed by atoms with Gasteiger partial charge in [-0.2, -0.15) is 0 Å². The van der Waals surface area contributed by atoms with Gasteiger partial charge in [0.05, 0.1) is 5.39 Å². The summed E-state index contributed by atoms with van der Waals surface area (Å²) in [7, 11) is 0. The molecular formula is C110H120O30. The molecule has 10 aromatic carbocycles. The Morgan fingerprint density at radius 1 is 0.179 bits per heavy atom. The van der Waals surface area contributed by atoms with Gasteiger partial charge in [0.15, 0.2) is 23.0 Å². The second-order valence-corrected chi connectivity index (χ2v) is 30.8. The molecule has 740 valence electrons. The lowest BCUT2D eigenvalue weighted by Gasteiger charge is -2.15. The van der Waals surface area contributed by atoms with E-state index in [1.807, 2.05) is 170 Å². The average molecular weight is 1920 g/mol. The minimum absolute atomic E-state index is 0.0879. The Balaban J connectivity index is 0.000000268. The Labute approximate surface area is 814 Å². The summed E-state index contributed by atoms with van der Waals surface area (Å²) in [5.74, 6) is 1.25. The fraction of sp³-hybridized carbons (Fsp3) is 0.273. The molecule has 30 nitrogen and oxygen atoms in total. The van der Waals surface area contributed by atoms with Crippen molar-refractivity contribution in [1.29, 1.82) is 0 Å². The minimum atomic E-state index is -0.461. The van der Waals surface area contributed by atoms with Gasteiger partial charge >= 0.3 is 59.7 Å². The number of hydrogen-bond acceptors (Lipinski definition) is 30. The van der Waals surface area contributed by atoms with Crippen LogP contribution in [0.25, 0.3) is 53.9 Å². The number of benzene rings is 10. The van der Waals surface area contributed by atoms with Crippen LogP contribution in [0.4, 0.5) is 0 Å². The second-order valence-electron chi connectivity index (χ2n) is 30.8. The molecule has 0 radical (unpaired) electrons. The zero-order valence-corrected chi connectivity index (χ0v) is 80.8. The van der Waals surface area contributed by atoms with Crippen LogP contribution >= 0.6 is 0 Å². The first-order valence-electron chi connectivity index (χ1n) is 44.1. The van der Waals surface area contributed by atoms with E-state index in [1.165, 1.54) is 0 Å². The molecule has 0 fully saturated rings. The summed E-state index contributed by atoms with van der Waals surface area (Å²) in [4.78, 5) is 114. The lowest BCUT2D eigenvalue weighted by Crippen LogP contribution is -2.14. The first-order chi connectivity index (χ1) is 66.9. The predicted molar refractivity (Wildman–Crippen MR) is 532 cm³/mol. The summed E-state index contributed by atoms with van der Waals surface area (Å²) in [5.41, 5.74) is 3.39. The molecule has 0 heterocycles. The third-order valence-corrected chi connectivity index (χ3v) is 18.3. The van der Waals surface area contributed by atoms with Gasteiger partial charge in [-0.15, -0.1) is 0 Å². The van der Waals surface area contributed by atoms with E-state index in [-0.39, 0.29) is 132 Å². The number of esters is 10. The molecule has 0 aliphatic heterocycles. The number of carbonyl (C=O) groups excluding carboxylic acids is 10. The summed E-state index contributed by atoms with van der Waals surface area (Å²) in [6, 6.07) is 56.8. The third kappa shape index (κ3) is 39.9. The number of hydrogen-bond donors (Lipinski definition) is 0. The normalized spacial score (nSPS) is 10.2. The van der Waals surface area contributed by atoms with Crippen LogP contribution in [0.2, 0.25) is 0 Å². The molecule has 0 spiro atoms. The quantitative estimate of drug-likeness (QED) is 0.0148. The van der Waals surface area contributed by atoms with E-state index < -0.39 is 59.7 Å². The van der Waals surface area contributed by atoms with Crippen molar-refractivity contribution in [2.24, 2.45) is 0 Å². The van der Waals surface area contributed by atoms with Crippen LogP contribution in [0.3, 0.4) is 0 Å². The zero-order valence-electron chi connectivity index (χ0n) is 80.8. The summed E-state index contributed by atoms with van der Waals surface area (Å²) >= 11 is 0. The highest BCUT2D eigenvalue weighted by atomic mass is 16.6. The average Bonchev–Trinajstić information content (AvgIpc) is 0.807. The minimum Gasteiger partial charge on any atom is -0.490 e. The lowest BCUT2D eigenvalue weighted by molar-refractivity contribution is -0.140. The van der Waals surface area contributed by atoms with Gasteiger partial charge in [-0.1, -0.05) is 187 Å². The molecule has 0 saturated heterocycles. The molecule has 0 aliphatic carbocycles. The lowest BCUT2D eigenvalue weighted by atomic mass is 10.1. The van der Waals surface area contributed by atoms with E-state index in [9.17, 15) is 47.9 Å². The highest BCUT2D eigenvalue weighted by Gasteiger charge is 2.19. The van der Waals surface area contributed by atoms with Gasteiger partial charge in [0, 0.05) is 78.0 Å². The zero-order chi connectivity index (χ0) is 103. The van der Waals surface area contributed by atoms with Crippen LogP contribution in [0, 0.1) is 0 Å². The molecule has 0 atom stereocenters. The monoisotopic (exact) mass is 1920 g/mol. The van der Waals surface area contributed by atoms with Crippen molar-refractivity contribution in [3.8, 4) is 57.5 Å². The number of carbonyl (C=O) groups is 10. The van der Waals surface area contributed by atoms with E-state index in [0.29, 0.717) is 113 Å². The van der Waals surface area contributed by atoms with Gasteiger partial charge in [0.25, 0.3) is 0 Å². The van der Waals surface area contributed by atoms with Crippen LogP contribution < -0.4 is 47.4 Å². The van der Waals surface area contributed by atoms with Crippen LogP contribution in [0.5, 0.6) is 57.5 Å². The topological polar surface area (TPSA) is 355 Å². The summed E-state index contributed by atoms with van der Waals surface area (Å²) in [5, 5.41) is 9.25. The van der Waals surface area contributed by atoms with Crippen LogP contribution in [0.15, 0.2) is 304 Å². The number of fused-ring (bicyclic) bond motifs is 5. The largest absolute Gasteiger partial charge is 0.490 e. The molecule has 0 saturated carbocycles. The Bertz CT molecular complexity index is 5870. The predicted octanol–water partition coefficient (Wildman–Crippen LogP) is 19.2. The van der Waals surface area contributed by atoms with Crippen molar-refractivity contribution in [2.75, 3.05) is 132 Å². The smallest absolute Gasteiger partial charge is 0.333 e. The van der Waals surface area contributed by atoms with E-state index in [1.54, 1.807) is 81.4 Å². The molecule has 10 aromatic rings. The van der Waals surface area contributed by atoms with Gasteiger partial charge in [-0.25, -0.2) is 47.9 Å². The molecule has 0 N–H and O–H groups in total. The van der Waals surface area contributed by atoms with Crippen molar-refractivity contribution in [3.05, 3.63) is 304 Å². The molecule has 0 aromatic heterocycles. The summed E-state index contributed by atoms with van der Waals surface area (Å²) < 4.78 is 108. The van der Waals surface area contributed by atoms with Gasteiger partial charge < -0.3 is 94.7 Å². The SMILES string of the molecule is C=C(C)C(=O)OCCOc1cc(OCCOC(=O)C(=C)C)c2ccccc2c1.C=C(C)C(=O)OCCOc1cc2ccccc2cc1OCCOC(=O)C(=C)C.C=C(C)C(=O)OCCOc1ccc2cccc(OCCOC(=O)C(=C)C)c2c1.C=C(C)C(=O)OCCOc1ccc2ccccc2c1OCCOC(=O)C(=C)C.C=C(C)C(=O)OCCOc1cccc2cccc(OCCOC(=O)C(=C)C)c12. The molecule has 140 heavy (non-hydrogen) atoms. The van der Waals surface area contributed by atoms with Gasteiger partial charge in [-0.3, -0.25) is 0 Å². The van der Waals surface area contributed by atoms with E-state index in [2.05, 4.69) is 65.8 Å². The number of ether oxygens (including phenoxy) is 20. The van der Waals surface area contributed by atoms with Crippen molar-refractivity contribution < 1.29 is 143 Å². The van der Waals surface area contributed by atoms with Crippen LogP contribution in [-0.4, -0.2) is 192 Å². The molecular weight excluding hydrogens is 1800 g/mol. The van der Waals surface area contributed by atoms with E-state index >= 15 is 0 Å². The molecule has 0 unspecified atom stereocenters. The molecule has 30 heteroatoms. The van der Waals surface area contributed by atoms with Crippen molar-refractivity contribution in [2.45, 2.75) is 69.2 Å². The molecule has 0 amide bonds. The highest BCUT2D eigenvalue weighted by molar-refractivity contribution is 5.97. The van der Waals surface area contributed by atoms with Gasteiger partial charge in [-0.05, 0) is 156 Å². The van der Waals surface area contributed by atoms with Crippen LogP contribution in [0.1, 0.15) is 69.2 Å². The Morgan fingerprint density at radius 3 is 0.800 bits per heavy atom. The van der Waals surface area contributed by atoms with Crippen LogP contribution in [-0.2, 0) is 95.3 Å². The molecule has 10 rings (SSSR count). The third-order valence-electron chi connectivity index (χ3n) is 18.3. The molecule has 0 aliphatic rings. The van der Waals surface area contributed by atoms with Gasteiger partial charge in [0.2, 0.25) is 0 Å². The maximum absolute atomic E-state index is 11.5. The van der Waals surface area contributed by atoms with Crippen molar-refractivity contribution >= 4 is 114 Å². The fourth-order valence-electron chi connectivity index (χ4n) is 11.4. The first-order valence-corrected chi connectivity index (χ1v) is 44.1. The van der Waals surface area contributed by atoms with Crippen molar-refractivity contribution in [1.82, 2.24) is 0 Å². The van der Waals surface area contributed by atoms with E-state index in [4.69, 9.17) is 94.7 Å². The maximum atomic E-state index is 11.5. The van der Waals surface area contributed by atoms with E-state index in [0.717, 1.165) is 53.9 Å². The fourth-order valence-corrected chi connectivity index (χ4v) is 11.4.